The second-order valence-electron chi connectivity index (χ2n) is 8.62. The maximum atomic E-state index is 13.1. The van der Waals surface area contributed by atoms with Gasteiger partial charge >= 0.3 is 0 Å². The number of carbonyl (C=O) groups excluding carboxylic acids is 1. The summed E-state index contributed by atoms with van der Waals surface area (Å²) in [5, 5.41) is 6.53. The molecule has 11 heteroatoms. The number of amides is 1. The number of aromatic nitrogens is 1. The van der Waals surface area contributed by atoms with Crippen LogP contribution in [0.4, 0.5) is 17.2 Å². The normalized spacial score (nSPS) is 16.7. The summed E-state index contributed by atoms with van der Waals surface area (Å²) in [6.07, 6.45) is 5.92. The predicted molar refractivity (Wildman–Crippen MR) is 133 cm³/mol. The molecule has 1 aromatic carbocycles. The zero-order chi connectivity index (χ0) is 24.4. The highest BCUT2D eigenvalue weighted by atomic mass is 32.2. The molecule has 5 rings (SSSR count). The van der Waals surface area contributed by atoms with E-state index in [1.807, 2.05) is 18.2 Å². The summed E-state index contributed by atoms with van der Waals surface area (Å²) < 4.78 is 40.2. The minimum Gasteiger partial charge on any atom is -0.485 e. The lowest BCUT2D eigenvalue weighted by atomic mass is 10.1. The van der Waals surface area contributed by atoms with Crippen molar-refractivity contribution in [1.29, 1.82) is 0 Å². The van der Waals surface area contributed by atoms with Crippen LogP contribution < -0.4 is 20.1 Å². The Morgan fingerprint density at radius 1 is 1.09 bits per heavy atom. The second-order valence-corrected chi connectivity index (χ2v) is 10.9. The third-order valence-electron chi connectivity index (χ3n) is 6.00. The van der Waals surface area contributed by atoms with Crippen LogP contribution >= 0.6 is 0 Å². The number of ether oxygens (including phenoxy) is 3. The smallest absolute Gasteiger partial charge is 0.257 e. The van der Waals surface area contributed by atoms with E-state index in [0.29, 0.717) is 81.1 Å². The molecule has 35 heavy (non-hydrogen) atoms. The van der Waals surface area contributed by atoms with Crippen molar-refractivity contribution in [3.63, 3.8) is 0 Å². The zero-order valence-electron chi connectivity index (χ0n) is 19.5. The maximum absolute atomic E-state index is 13.1. The van der Waals surface area contributed by atoms with Gasteiger partial charge in [-0.3, -0.25) is 4.79 Å². The SMILES string of the molecule is CS(=O)(=O)CCNc1cc(Nc2ccc(C(=O)N3CCOCC3)c3c2OCCO3)nc2c1C=CC2. The maximum Gasteiger partial charge on any atom is 0.257 e. The number of hydrogen-bond donors (Lipinski definition) is 2. The van der Waals surface area contributed by atoms with E-state index in [4.69, 9.17) is 19.2 Å². The van der Waals surface area contributed by atoms with Crippen LogP contribution in [0.2, 0.25) is 0 Å². The molecule has 1 amide bonds. The van der Waals surface area contributed by atoms with Gasteiger partial charge in [0.05, 0.1) is 35.9 Å². The molecule has 2 aromatic rings. The largest absolute Gasteiger partial charge is 0.485 e. The fourth-order valence-corrected chi connectivity index (χ4v) is 4.77. The van der Waals surface area contributed by atoms with Crippen molar-refractivity contribution in [2.75, 3.05) is 68.7 Å². The fraction of sp³-hybridized carbons (Fsp3) is 0.417. The number of hydrogen-bond acceptors (Lipinski definition) is 9. The molecule has 186 valence electrons. The predicted octanol–water partition coefficient (Wildman–Crippen LogP) is 2.09. The average Bonchev–Trinajstić information content (AvgIpc) is 3.33. The molecule has 1 aromatic heterocycles. The summed E-state index contributed by atoms with van der Waals surface area (Å²) in [7, 11) is -3.08. The van der Waals surface area contributed by atoms with Gasteiger partial charge in [-0.25, -0.2) is 13.4 Å². The molecular weight excluding hydrogens is 472 g/mol. The van der Waals surface area contributed by atoms with Gasteiger partial charge in [-0.2, -0.15) is 0 Å². The Labute approximate surface area is 204 Å². The molecule has 1 saturated heterocycles. The van der Waals surface area contributed by atoms with Crippen molar-refractivity contribution in [3.05, 3.63) is 41.1 Å². The minimum absolute atomic E-state index is 0.0356. The van der Waals surface area contributed by atoms with Gasteiger partial charge in [0.1, 0.15) is 28.9 Å². The number of anilines is 3. The lowest BCUT2D eigenvalue weighted by molar-refractivity contribution is 0.0298. The van der Waals surface area contributed by atoms with Crippen molar-refractivity contribution in [1.82, 2.24) is 9.88 Å². The van der Waals surface area contributed by atoms with E-state index in [1.165, 1.54) is 6.26 Å². The number of carbonyl (C=O) groups is 1. The van der Waals surface area contributed by atoms with Crippen molar-refractivity contribution in [2.45, 2.75) is 6.42 Å². The molecule has 0 atom stereocenters. The molecule has 0 spiro atoms. The van der Waals surface area contributed by atoms with Gasteiger partial charge in [-0.05, 0) is 12.1 Å². The Kier molecular flexibility index (Phi) is 6.52. The van der Waals surface area contributed by atoms with Crippen LogP contribution in [0.15, 0.2) is 24.3 Å². The quantitative estimate of drug-likeness (QED) is 0.589. The monoisotopic (exact) mass is 500 g/mol. The van der Waals surface area contributed by atoms with E-state index in [9.17, 15) is 13.2 Å². The van der Waals surface area contributed by atoms with E-state index in [2.05, 4.69) is 10.6 Å². The van der Waals surface area contributed by atoms with Crippen molar-refractivity contribution >= 4 is 39.0 Å². The second kappa shape index (κ2) is 9.74. The van der Waals surface area contributed by atoms with Crippen molar-refractivity contribution < 1.29 is 27.4 Å². The number of rotatable bonds is 7. The Morgan fingerprint density at radius 3 is 2.63 bits per heavy atom. The van der Waals surface area contributed by atoms with E-state index in [0.717, 1.165) is 16.9 Å². The highest BCUT2D eigenvalue weighted by Crippen LogP contribution is 2.42. The standard InChI is InChI=1S/C24H28N4O6S/c1-35(30,31)14-7-25-20-15-21(26-18-4-2-3-16(18)20)27-19-6-5-17(22-23(19)34-13-12-33-22)24(29)28-8-10-32-11-9-28/h2-3,5-6,15H,4,7-14H2,1H3,(H2,25,26,27). The number of pyridine rings is 1. The van der Waals surface area contributed by atoms with Gasteiger partial charge in [0.15, 0.2) is 11.5 Å². The van der Waals surface area contributed by atoms with Crippen LogP contribution in [0.5, 0.6) is 11.5 Å². The van der Waals surface area contributed by atoms with Crippen molar-refractivity contribution in [3.8, 4) is 11.5 Å². The molecule has 3 aliphatic rings. The number of nitrogens with zero attached hydrogens (tertiary/aromatic N) is 2. The lowest BCUT2D eigenvalue weighted by Crippen LogP contribution is -2.41. The van der Waals surface area contributed by atoms with Gasteiger partial charge in [-0.15, -0.1) is 0 Å². The Bertz CT molecular complexity index is 1270. The first-order valence-corrected chi connectivity index (χ1v) is 13.6. The van der Waals surface area contributed by atoms with Gasteiger partial charge < -0.3 is 29.7 Å². The van der Waals surface area contributed by atoms with E-state index in [-0.39, 0.29) is 11.7 Å². The molecule has 10 nitrogen and oxygen atoms in total. The van der Waals surface area contributed by atoms with Gasteiger partial charge in [0, 0.05) is 49.6 Å². The Balaban J connectivity index is 1.42. The van der Waals surface area contributed by atoms with Gasteiger partial charge in [0.2, 0.25) is 0 Å². The van der Waals surface area contributed by atoms with E-state index < -0.39 is 9.84 Å². The highest BCUT2D eigenvalue weighted by molar-refractivity contribution is 7.90. The molecule has 3 heterocycles. The van der Waals surface area contributed by atoms with Crippen LogP contribution in [0, 0.1) is 0 Å². The first-order valence-electron chi connectivity index (χ1n) is 11.6. The zero-order valence-corrected chi connectivity index (χ0v) is 20.3. The van der Waals surface area contributed by atoms with Crippen LogP contribution in [-0.4, -0.2) is 82.3 Å². The Hall–Kier alpha value is -3.31. The summed E-state index contributed by atoms with van der Waals surface area (Å²) in [5.74, 6) is 1.40. The molecule has 2 aliphatic heterocycles. The Morgan fingerprint density at radius 2 is 1.86 bits per heavy atom. The number of allylic oxidation sites excluding steroid dienone is 1. The molecule has 1 aliphatic carbocycles. The van der Waals surface area contributed by atoms with Crippen molar-refractivity contribution in [2.24, 2.45) is 0 Å². The molecule has 0 bridgehead atoms. The molecule has 0 unspecified atom stereocenters. The van der Waals surface area contributed by atoms with E-state index >= 15 is 0 Å². The molecular formula is C24H28N4O6S. The van der Waals surface area contributed by atoms with Gasteiger partial charge in [-0.1, -0.05) is 12.2 Å². The third-order valence-corrected chi connectivity index (χ3v) is 6.95. The number of fused-ring (bicyclic) bond motifs is 2. The number of sulfone groups is 1. The molecule has 1 fully saturated rings. The van der Waals surface area contributed by atoms with Crippen LogP contribution in [0.25, 0.3) is 6.08 Å². The first kappa shape index (κ1) is 23.4. The third kappa shape index (κ3) is 5.20. The summed E-state index contributed by atoms with van der Waals surface area (Å²) in [4.78, 5) is 19.6. The summed E-state index contributed by atoms with van der Waals surface area (Å²) >= 11 is 0. The summed E-state index contributed by atoms with van der Waals surface area (Å²) in [6, 6.07) is 5.39. The number of morpholine rings is 1. The number of benzene rings is 1. The summed E-state index contributed by atoms with van der Waals surface area (Å²) in [6.45, 7) is 3.14. The van der Waals surface area contributed by atoms with Crippen LogP contribution in [0.1, 0.15) is 21.6 Å². The number of nitrogens with one attached hydrogen (secondary N) is 2. The topological polar surface area (TPSA) is 119 Å². The molecule has 0 radical (unpaired) electrons. The first-order chi connectivity index (χ1) is 16.9. The van der Waals surface area contributed by atoms with E-state index in [1.54, 1.807) is 17.0 Å². The van der Waals surface area contributed by atoms with Crippen LogP contribution in [0.3, 0.4) is 0 Å². The lowest BCUT2D eigenvalue weighted by Gasteiger charge is -2.29. The molecule has 0 saturated carbocycles. The fourth-order valence-electron chi connectivity index (χ4n) is 4.30. The average molecular weight is 501 g/mol. The van der Waals surface area contributed by atoms with Crippen LogP contribution in [-0.2, 0) is 21.0 Å². The summed E-state index contributed by atoms with van der Waals surface area (Å²) in [5.41, 5.74) is 3.75. The highest BCUT2D eigenvalue weighted by Gasteiger charge is 2.28. The molecule has 2 N–H and O–H groups in total. The minimum atomic E-state index is -3.08. The van der Waals surface area contributed by atoms with Gasteiger partial charge in [0.25, 0.3) is 5.91 Å².